The van der Waals surface area contributed by atoms with Crippen LogP contribution < -0.4 is 5.11 Å². The first-order valence-electron chi connectivity index (χ1n) is 2.65. The van der Waals surface area contributed by atoms with Crippen molar-refractivity contribution >= 4 is 5.76 Å². The Labute approximate surface area is 54.3 Å². The molecule has 0 aliphatic heterocycles. The van der Waals surface area contributed by atoms with E-state index in [0.29, 0.717) is 5.56 Å². The van der Waals surface area contributed by atoms with Gasteiger partial charge in [0.05, 0.1) is 0 Å². The number of rotatable bonds is 1. The van der Waals surface area contributed by atoms with Crippen LogP contribution in [0.25, 0.3) is 5.76 Å². The summed E-state index contributed by atoms with van der Waals surface area (Å²) < 4.78 is 0. The minimum atomic E-state index is -0.379. The van der Waals surface area contributed by atoms with Gasteiger partial charge in [0.2, 0.25) is 0 Å². The van der Waals surface area contributed by atoms with Crippen molar-refractivity contribution in [3.63, 3.8) is 0 Å². The first-order chi connectivity index (χ1) is 4.30. The van der Waals surface area contributed by atoms with Crippen LogP contribution >= 0.6 is 0 Å². The molecule has 0 fully saturated rings. The summed E-state index contributed by atoms with van der Waals surface area (Å²) in [5.74, 6) is -0.379. The smallest absolute Gasteiger partial charge is 0.132 e. The maximum Gasteiger partial charge on any atom is 0.132 e. The average Bonchev–Trinajstić information content (AvgIpc) is 1.90. The van der Waals surface area contributed by atoms with Crippen LogP contribution in [0.4, 0.5) is 0 Å². The van der Waals surface area contributed by atoms with Crippen LogP contribution in [0.5, 0.6) is 0 Å². The number of hydrogen-bond acceptors (Lipinski definition) is 1. The van der Waals surface area contributed by atoms with Crippen LogP contribution in [-0.2, 0) is 0 Å². The van der Waals surface area contributed by atoms with E-state index in [1.807, 2.05) is 6.07 Å². The molecule has 9 heavy (non-hydrogen) atoms. The van der Waals surface area contributed by atoms with E-state index in [1.54, 1.807) is 24.3 Å². The normalized spacial score (nSPS) is 8.78. The third kappa shape index (κ3) is 1.28. The fraction of sp³-hybridized carbons (Fsp3) is 0. The average molecular weight is 118 g/mol. The lowest BCUT2D eigenvalue weighted by molar-refractivity contribution is -0.243. The minimum Gasteiger partial charge on any atom is -0.834 e. The Hall–Kier alpha value is -1.33. The third-order valence-corrected chi connectivity index (χ3v) is 1.06. The second-order valence-corrected chi connectivity index (χ2v) is 1.73. The molecule has 1 heteroatoms. The molecule has 0 saturated carbocycles. The van der Waals surface area contributed by atoms with Gasteiger partial charge in [0.15, 0.2) is 0 Å². The monoisotopic (exact) mass is 118 g/mol. The molecule has 0 N–H and O–H groups in total. The standard InChI is InChI=1S/C8H6O/c1-7(9)8-5-3-2-4-6-8/h1-6H. The maximum atomic E-state index is 10.4. The number of hydrogen-bond donors (Lipinski definition) is 0. The van der Waals surface area contributed by atoms with Gasteiger partial charge in [0.1, 0.15) is 11.3 Å². The van der Waals surface area contributed by atoms with Gasteiger partial charge in [-0.15, -0.1) is 0 Å². The maximum absolute atomic E-state index is 10.4. The highest BCUT2D eigenvalue weighted by Gasteiger charge is 1.93. The molecule has 1 aromatic carbocycles. The minimum absolute atomic E-state index is 0.379. The molecule has 0 heterocycles. The van der Waals surface area contributed by atoms with Gasteiger partial charge in [-0.3, -0.25) is 0 Å². The Balaban J connectivity index is 2.98. The zero-order valence-corrected chi connectivity index (χ0v) is 4.87. The van der Waals surface area contributed by atoms with E-state index in [1.165, 1.54) is 0 Å². The van der Waals surface area contributed by atoms with Crippen LogP contribution in [0.1, 0.15) is 5.56 Å². The summed E-state index contributed by atoms with van der Waals surface area (Å²) in [5, 5.41) is 10.4. The highest BCUT2D eigenvalue weighted by Crippen LogP contribution is 2.02. The van der Waals surface area contributed by atoms with E-state index in [4.69, 9.17) is 6.58 Å². The molecule has 0 bridgehead atoms. The summed E-state index contributed by atoms with van der Waals surface area (Å²) in [6, 6.07) is 8.76. The van der Waals surface area contributed by atoms with Crippen LogP contribution in [0, 0.1) is 6.58 Å². The van der Waals surface area contributed by atoms with Crippen molar-refractivity contribution in [3.8, 4) is 0 Å². The van der Waals surface area contributed by atoms with E-state index in [0.717, 1.165) is 0 Å². The molecular formula is C8H6O. The Bertz CT molecular complexity index is 201. The summed E-state index contributed by atoms with van der Waals surface area (Å²) in [7, 11) is 0. The summed E-state index contributed by atoms with van der Waals surface area (Å²) in [6.07, 6.45) is 0. The van der Waals surface area contributed by atoms with E-state index in [9.17, 15) is 5.11 Å². The Kier molecular flexibility index (Phi) is 1.48. The van der Waals surface area contributed by atoms with Gasteiger partial charge >= 0.3 is 0 Å². The molecule has 0 radical (unpaired) electrons. The van der Waals surface area contributed by atoms with E-state index in [-0.39, 0.29) is 5.76 Å². The lowest BCUT2D eigenvalue weighted by Crippen LogP contribution is -1.98. The quantitative estimate of drug-likeness (QED) is 0.395. The molecule has 0 spiro atoms. The largest absolute Gasteiger partial charge is 0.834 e. The van der Waals surface area contributed by atoms with Crippen molar-refractivity contribution in [2.75, 3.05) is 0 Å². The van der Waals surface area contributed by atoms with Crippen molar-refractivity contribution in [2.24, 2.45) is 0 Å². The van der Waals surface area contributed by atoms with Crippen LogP contribution in [0.3, 0.4) is 0 Å². The van der Waals surface area contributed by atoms with Crippen LogP contribution in [0.2, 0.25) is 0 Å². The van der Waals surface area contributed by atoms with Gasteiger partial charge in [0.25, 0.3) is 0 Å². The molecule has 0 aliphatic carbocycles. The van der Waals surface area contributed by atoms with E-state index >= 15 is 0 Å². The molecule has 1 rings (SSSR count). The lowest BCUT2D eigenvalue weighted by Gasteiger charge is -1.94. The molecule has 0 unspecified atom stereocenters. The Morgan fingerprint density at radius 1 is 1.22 bits per heavy atom. The first-order valence-corrected chi connectivity index (χ1v) is 2.65. The Morgan fingerprint density at radius 2 is 1.78 bits per heavy atom. The zero-order chi connectivity index (χ0) is 6.69. The summed E-state index contributed by atoms with van der Waals surface area (Å²) in [6.45, 7) is 4.97. The highest BCUT2D eigenvalue weighted by atomic mass is 16.3. The second kappa shape index (κ2) is 2.29. The van der Waals surface area contributed by atoms with Crippen molar-refractivity contribution in [1.29, 1.82) is 0 Å². The van der Waals surface area contributed by atoms with Crippen LogP contribution in [-0.4, -0.2) is 0 Å². The SMILES string of the molecule is [CH+]=C([O-])c1ccccc1. The first kappa shape index (κ1) is 5.80. The number of benzene rings is 1. The van der Waals surface area contributed by atoms with Crippen molar-refractivity contribution in [2.45, 2.75) is 0 Å². The highest BCUT2D eigenvalue weighted by molar-refractivity contribution is 5.52. The van der Waals surface area contributed by atoms with Crippen molar-refractivity contribution in [1.82, 2.24) is 0 Å². The van der Waals surface area contributed by atoms with Gasteiger partial charge in [-0.25, -0.2) is 0 Å². The van der Waals surface area contributed by atoms with Gasteiger partial charge in [-0.2, -0.15) is 0 Å². The predicted molar refractivity (Wildman–Crippen MR) is 34.1 cm³/mol. The van der Waals surface area contributed by atoms with Gasteiger partial charge in [0, 0.05) is 18.7 Å². The van der Waals surface area contributed by atoms with Gasteiger partial charge in [-0.05, 0) is 12.1 Å². The Morgan fingerprint density at radius 3 is 2.11 bits per heavy atom. The zero-order valence-electron chi connectivity index (χ0n) is 4.87. The fourth-order valence-electron chi connectivity index (χ4n) is 0.602. The third-order valence-electron chi connectivity index (χ3n) is 1.06. The molecule has 0 atom stereocenters. The van der Waals surface area contributed by atoms with E-state index in [2.05, 4.69) is 0 Å². The lowest BCUT2D eigenvalue weighted by atomic mass is 10.2. The predicted octanol–water partition coefficient (Wildman–Crippen LogP) is 0.821. The van der Waals surface area contributed by atoms with Crippen molar-refractivity contribution < 1.29 is 5.11 Å². The molecule has 0 saturated heterocycles. The summed E-state index contributed by atoms with van der Waals surface area (Å²) in [4.78, 5) is 0. The molecule has 0 aromatic heterocycles. The molecular weight excluding hydrogens is 112 g/mol. The van der Waals surface area contributed by atoms with Gasteiger partial charge < -0.3 is 5.11 Å². The van der Waals surface area contributed by atoms with Crippen molar-refractivity contribution in [3.05, 3.63) is 42.5 Å². The molecule has 0 amide bonds. The van der Waals surface area contributed by atoms with Crippen LogP contribution in [0.15, 0.2) is 30.3 Å². The molecule has 1 nitrogen and oxygen atoms in total. The molecule has 1 aromatic rings. The fourth-order valence-corrected chi connectivity index (χ4v) is 0.602. The summed E-state index contributed by atoms with van der Waals surface area (Å²) >= 11 is 0. The van der Waals surface area contributed by atoms with E-state index < -0.39 is 0 Å². The van der Waals surface area contributed by atoms with Gasteiger partial charge in [-0.1, -0.05) is 6.07 Å². The molecule has 0 aliphatic rings. The topological polar surface area (TPSA) is 23.1 Å². The second-order valence-electron chi connectivity index (χ2n) is 1.73. The molecule has 44 valence electrons. The summed E-state index contributed by atoms with van der Waals surface area (Å²) in [5.41, 5.74) is 0.553.